The maximum absolute atomic E-state index is 15.0. The van der Waals surface area contributed by atoms with Crippen LogP contribution in [0.25, 0.3) is 16.6 Å². The Bertz CT molecular complexity index is 1320. The largest absolute Gasteiger partial charge is 0.351 e. The van der Waals surface area contributed by atoms with Gasteiger partial charge in [-0.05, 0) is 36.6 Å². The van der Waals surface area contributed by atoms with Crippen molar-refractivity contribution in [3.05, 3.63) is 75.0 Å². The van der Waals surface area contributed by atoms with Crippen LogP contribution in [0.2, 0.25) is 0 Å². The zero-order valence-electron chi connectivity index (χ0n) is 19.0. The van der Waals surface area contributed by atoms with Gasteiger partial charge in [0.15, 0.2) is 5.82 Å². The van der Waals surface area contributed by atoms with E-state index in [-0.39, 0.29) is 36.5 Å². The summed E-state index contributed by atoms with van der Waals surface area (Å²) in [6.07, 6.45) is 3.00. The van der Waals surface area contributed by atoms with Gasteiger partial charge in [-0.15, -0.1) is 0 Å². The second kappa shape index (κ2) is 10.2. The third-order valence-electron chi connectivity index (χ3n) is 5.54. The van der Waals surface area contributed by atoms with Crippen LogP contribution in [0, 0.1) is 11.8 Å². The average molecular weight is 469 g/mol. The number of halogens is 2. The molecule has 2 aromatic heterocycles. The predicted molar refractivity (Wildman–Crippen MR) is 123 cm³/mol. The predicted octanol–water partition coefficient (Wildman–Crippen LogP) is 3.13. The van der Waals surface area contributed by atoms with Gasteiger partial charge < -0.3 is 10.3 Å². The highest BCUT2D eigenvalue weighted by Crippen LogP contribution is 2.24. The highest BCUT2D eigenvalue weighted by atomic mass is 19.1. The van der Waals surface area contributed by atoms with Crippen LogP contribution in [0.15, 0.2) is 35.1 Å². The van der Waals surface area contributed by atoms with Crippen molar-refractivity contribution in [3.8, 4) is 0 Å². The molecule has 10 heteroatoms. The summed E-state index contributed by atoms with van der Waals surface area (Å²) in [7, 11) is 0. The van der Waals surface area contributed by atoms with Crippen molar-refractivity contribution >= 4 is 22.5 Å². The monoisotopic (exact) mass is 469 g/mol. The van der Waals surface area contributed by atoms with Crippen LogP contribution in [0.3, 0.4) is 0 Å². The molecule has 1 amide bonds. The Hall–Kier alpha value is -3.50. The molecule has 0 spiro atoms. The van der Waals surface area contributed by atoms with Gasteiger partial charge in [-0.3, -0.25) is 14.4 Å². The number of carbonyl (C=O) groups is 1. The van der Waals surface area contributed by atoms with Crippen LogP contribution >= 0.6 is 0 Å². The summed E-state index contributed by atoms with van der Waals surface area (Å²) in [5, 5.41) is 4.20. The number of aryl methyl sites for hydroxylation is 1. The van der Waals surface area contributed by atoms with E-state index in [2.05, 4.69) is 20.3 Å². The second-order valence-electron chi connectivity index (χ2n) is 7.92. The minimum Gasteiger partial charge on any atom is -0.351 e. The molecule has 2 N–H and O–H groups in total. The van der Waals surface area contributed by atoms with Crippen molar-refractivity contribution in [3.63, 3.8) is 0 Å². The van der Waals surface area contributed by atoms with Crippen molar-refractivity contribution in [2.24, 2.45) is 0 Å². The Balaban J connectivity index is 1.47. The Morgan fingerprint density at radius 2 is 2.03 bits per heavy atom. The van der Waals surface area contributed by atoms with Crippen LogP contribution in [0.5, 0.6) is 0 Å². The van der Waals surface area contributed by atoms with Crippen LogP contribution in [0.1, 0.15) is 47.6 Å². The van der Waals surface area contributed by atoms with Gasteiger partial charge in [-0.25, -0.2) is 14.4 Å². The maximum Gasteiger partial charge on any atom is 0.270 e. The Kier molecular flexibility index (Phi) is 7.09. The van der Waals surface area contributed by atoms with E-state index in [9.17, 15) is 14.0 Å². The number of rotatable bonds is 7. The normalized spacial score (nSPS) is 14.3. The molecular weight excluding hydrogens is 444 g/mol. The fourth-order valence-corrected chi connectivity index (χ4v) is 3.67. The van der Waals surface area contributed by atoms with Crippen molar-refractivity contribution in [2.45, 2.75) is 33.2 Å². The lowest BCUT2D eigenvalue weighted by Crippen LogP contribution is -2.29. The third-order valence-corrected chi connectivity index (χ3v) is 5.54. The number of fused-ring (bicyclic) bond motifs is 1. The molecule has 0 unspecified atom stereocenters. The lowest BCUT2D eigenvalue weighted by molar-refractivity contribution is -0.151. The van der Waals surface area contributed by atoms with Crippen LogP contribution in [-0.4, -0.2) is 45.6 Å². The first-order valence-electron chi connectivity index (χ1n) is 11.1. The molecule has 178 valence electrons. The van der Waals surface area contributed by atoms with Gasteiger partial charge in [0.05, 0.1) is 18.7 Å². The van der Waals surface area contributed by atoms with Gasteiger partial charge in [-0.2, -0.15) is 9.45 Å². The zero-order valence-corrected chi connectivity index (χ0v) is 19.0. The van der Waals surface area contributed by atoms with E-state index in [0.717, 1.165) is 6.42 Å². The molecule has 0 saturated carbocycles. The Morgan fingerprint density at radius 3 is 2.71 bits per heavy atom. The number of hydrogen-bond donors (Lipinski definition) is 2. The van der Waals surface area contributed by atoms with E-state index < -0.39 is 23.2 Å². The summed E-state index contributed by atoms with van der Waals surface area (Å²) < 4.78 is 29.6. The topological polar surface area (TPSA) is 100 Å². The highest BCUT2D eigenvalue weighted by Gasteiger charge is 2.20. The molecule has 0 bridgehead atoms. The number of aromatic nitrogens is 3. The van der Waals surface area contributed by atoms with Gasteiger partial charge in [0.25, 0.3) is 11.5 Å². The second-order valence-corrected chi connectivity index (χ2v) is 7.92. The van der Waals surface area contributed by atoms with Crippen molar-refractivity contribution in [2.75, 3.05) is 19.7 Å². The first-order chi connectivity index (χ1) is 16.4. The van der Waals surface area contributed by atoms with Crippen molar-refractivity contribution in [1.82, 2.24) is 25.3 Å². The van der Waals surface area contributed by atoms with Gasteiger partial charge in [-0.1, -0.05) is 26.0 Å². The summed E-state index contributed by atoms with van der Waals surface area (Å²) in [5.74, 6) is -1.74. The van der Waals surface area contributed by atoms with Gasteiger partial charge >= 0.3 is 0 Å². The summed E-state index contributed by atoms with van der Waals surface area (Å²) >= 11 is 0. The third kappa shape index (κ3) is 4.87. The fourth-order valence-electron chi connectivity index (χ4n) is 3.67. The number of nitrogens with one attached hydrogen (secondary N) is 2. The molecule has 0 radical (unpaired) electrons. The van der Waals surface area contributed by atoms with E-state index in [1.54, 1.807) is 18.2 Å². The van der Waals surface area contributed by atoms with Crippen LogP contribution in [-0.2, 0) is 17.8 Å². The number of aromatic amines is 1. The molecule has 8 nitrogen and oxygen atoms in total. The van der Waals surface area contributed by atoms with Crippen LogP contribution < -0.4 is 10.9 Å². The molecule has 0 aliphatic carbocycles. The van der Waals surface area contributed by atoms with E-state index >= 15 is 4.39 Å². The Labute approximate surface area is 194 Å². The molecule has 1 aliphatic rings. The smallest absolute Gasteiger partial charge is 0.270 e. The fraction of sp³-hybridized carbons (Fsp3) is 0.333. The number of amides is 1. The minimum atomic E-state index is -0.754. The first kappa shape index (κ1) is 23.7. The van der Waals surface area contributed by atoms with Gasteiger partial charge in [0, 0.05) is 24.2 Å². The number of H-pyrrole nitrogens is 1. The molecule has 34 heavy (non-hydrogen) atoms. The molecule has 1 aromatic carbocycles. The molecule has 1 aliphatic heterocycles. The zero-order chi connectivity index (χ0) is 24.2. The summed E-state index contributed by atoms with van der Waals surface area (Å²) in [6, 6.07) is 6.25. The molecule has 0 saturated heterocycles. The number of hydrogen-bond acceptors (Lipinski definition) is 6. The molecule has 0 fully saturated rings. The molecule has 3 heterocycles. The highest BCUT2D eigenvalue weighted by molar-refractivity contribution is 5.92. The quantitative estimate of drug-likeness (QED) is 0.516. The number of benzene rings is 1. The van der Waals surface area contributed by atoms with E-state index in [1.165, 1.54) is 17.2 Å². The van der Waals surface area contributed by atoms with Gasteiger partial charge in [0.2, 0.25) is 5.95 Å². The maximum atomic E-state index is 15.0. The number of nitrogens with zero attached hydrogens (tertiary/aromatic N) is 3. The summed E-state index contributed by atoms with van der Waals surface area (Å²) in [6.45, 7) is 4.69. The minimum absolute atomic E-state index is 0.0130. The molecule has 3 aromatic rings. The SMILES string of the molecule is CCCNC(=O)c1ccc(C2=CCN(Cc3ccc4nc(CC)c(=O)[nH]c4c3F)OC2)c(F)n1. The molecule has 0 atom stereocenters. The molecule has 4 rings (SSSR count). The van der Waals surface area contributed by atoms with E-state index in [1.807, 2.05) is 13.8 Å². The van der Waals surface area contributed by atoms with Crippen molar-refractivity contribution in [1.29, 1.82) is 0 Å². The van der Waals surface area contributed by atoms with E-state index in [0.29, 0.717) is 35.3 Å². The van der Waals surface area contributed by atoms with Gasteiger partial charge in [0.1, 0.15) is 16.9 Å². The number of pyridine rings is 1. The first-order valence-corrected chi connectivity index (χ1v) is 11.1. The lowest BCUT2D eigenvalue weighted by atomic mass is 10.1. The van der Waals surface area contributed by atoms with E-state index in [4.69, 9.17) is 4.84 Å². The number of carbonyl (C=O) groups excluding carboxylic acids is 1. The number of hydroxylamine groups is 2. The summed E-state index contributed by atoms with van der Waals surface area (Å²) in [4.78, 5) is 40.3. The molecular formula is C24H25F2N5O3. The Morgan fingerprint density at radius 1 is 1.21 bits per heavy atom. The van der Waals surface area contributed by atoms with Crippen LogP contribution in [0.4, 0.5) is 8.78 Å². The standard InChI is InChI=1S/C24H25F2N5O3/c1-3-10-27-23(32)19-8-6-16(22(26)29-19)15-9-11-31(34-13-15)12-14-5-7-18-21(20(14)25)30-24(33)17(4-2)28-18/h5-9H,3-4,10-13H2,1-2H3,(H,27,32)(H,30,33). The summed E-state index contributed by atoms with van der Waals surface area (Å²) in [5.41, 5.74) is 1.57. The average Bonchev–Trinajstić information content (AvgIpc) is 2.85. The van der Waals surface area contributed by atoms with Crippen molar-refractivity contribution < 1.29 is 18.4 Å². The lowest BCUT2D eigenvalue weighted by Gasteiger charge is -2.26.